The number of hydrogen-bond acceptors (Lipinski definition) is 2. The minimum Gasteiger partial charge on any atom is -0.497 e. The van der Waals surface area contributed by atoms with Gasteiger partial charge in [0, 0.05) is 5.02 Å². The maximum Gasteiger partial charge on any atom is 0.120 e. The Balaban J connectivity index is 2.80. The minimum atomic E-state index is 0.747. The van der Waals surface area contributed by atoms with Gasteiger partial charge < -0.3 is 10.5 Å². The zero-order valence-corrected chi connectivity index (χ0v) is 10.1. The Kier molecular flexibility index (Phi) is 4.92. The van der Waals surface area contributed by atoms with Crippen molar-refractivity contribution in [2.75, 3.05) is 13.7 Å². The van der Waals surface area contributed by atoms with Crippen molar-refractivity contribution in [2.45, 2.75) is 26.2 Å². The van der Waals surface area contributed by atoms with Crippen molar-refractivity contribution >= 4 is 11.6 Å². The van der Waals surface area contributed by atoms with Crippen LogP contribution in [0, 0.1) is 6.92 Å². The maximum atomic E-state index is 6.11. The zero-order valence-electron chi connectivity index (χ0n) is 9.35. The highest BCUT2D eigenvalue weighted by Crippen LogP contribution is 2.26. The van der Waals surface area contributed by atoms with Crippen molar-refractivity contribution in [2.24, 2.45) is 5.73 Å². The molecule has 1 aromatic carbocycles. The molecule has 0 aliphatic heterocycles. The van der Waals surface area contributed by atoms with Crippen LogP contribution in [0.15, 0.2) is 12.1 Å². The fraction of sp³-hybridized carbons (Fsp3) is 0.500. The monoisotopic (exact) mass is 227 g/mol. The number of hydrogen-bond donors (Lipinski definition) is 1. The SMILES string of the molecule is COc1cc(Cl)c(C)c(CCCCN)c1. The summed E-state index contributed by atoms with van der Waals surface area (Å²) >= 11 is 6.11. The van der Waals surface area contributed by atoms with Crippen LogP contribution in [0.3, 0.4) is 0 Å². The topological polar surface area (TPSA) is 35.2 Å². The quantitative estimate of drug-likeness (QED) is 0.785. The highest BCUT2D eigenvalue weighted by molar-refractivity contribution is 6.31. The Morgan fingerprint density at radius 1 is 1.33 bits per heavy atom. The lowest BCUT2D eigenvalue weighted by molar-refractivity contribution is 0.414. The second kappa shape index (κ2) is 5.99. The standard InChI is InChI=1S/C12H18ClNO/c1-9-10(5-3-4-6-14)7-11(15-2)8-12(9)13/h7-8H,3-6,14H2,1-2H3. The third-order valence-corrected chi connectivity index (χ3v) is 2.95. The Morgan fingerprint density at radius 3 is 2.67 bits per heavy atom. The number of methoxy groups -OCH3 is 1. The molecule has 0 aromatic heterocycles. The fourth-order valence-electron chi connectivity index (χ4n) is 1.55. The molecule has 0 unspecified atom stereocenters. The van der Waals surface area contributed by atoms with Crippen molar-refractivity contribution in [3.8, 4) is 5.75 Å². The Bertz CT molecular complexity index is 326. The van der Waals surface area contributed by atoms with E-state index in [9.17, 15) is 0 Å². The van der Waals surface area contributed by atoms with Crippen molar-refractivity contribution in [3.63, 3.8) is 0 Å². The molecule has 0 saturated heterocycles. The Morgan fingerprint density at radius 2 is 2.07 bits per heavy atom. The molecule has 0 spiro atoms. The van der Waals surface area contributed by atoms with E-state index in [1.165, 1.54) is 5.56 Å². The van der Waals surface area contributed by atoms with E-state index in [2.05, 4.69) is 6.07 Å². The van der Waals surface area contributed by atoms with Gasteiger partial charge in [0.25, 0.3) is 0 Å². The van der Waals surface area contributed by atoms with Gasteiger partial charge in [-0.15, -0.1) is 0 Å². The van der Waals surface area contributed by atoms with Gasteiger partial charge in [0.2, 0.25) is 0 Å². The van der Waals surface area contributed by atoms with Crippen LogP contribution in [-0.2, 0) is 6.42 Å². The molecule has 0 heterocycles. The molecule has 3 heteroatoms. The van der Waals surface area contributed by atoms with Gasteiger partial charge in [-0.2, -0.15) is 0 Å². The summed E-state index contributed by atoms with van der Waals surface area (Å²) < 4.78 is 5.19. The molecule has 15 heavy (non-hydrogen) atoms. The van der Waals surface area contributed by atoms with E-state index in [0.29, 0.717) is 0 Å². The molecular weight excluding hydrogens is 210 g/mol. The summed E-state index contributed by atoms with van der Waals surface area (Å²) in [4.78, 5) is 0. The maximum absolute atomic E-state index is 6.11. The van der Waals surface area contributed by atoms with Crippen molar-refractivity contribution in [1.82, 2.24) is 0 Å². The van der Waals surface area contributed by atoms with Gasteiger partial charge in [-0.25, -0.2) is 0 Å². The van der Waals surface area contributed by atoms with Crippen LogP contribution >= 0.6 is 11.6 Å². The smallest absolute Gasteiger partial charge is 0.120 e. The molecule has 0 atom stereocenters. The molecule has 84 valence electrons. The van der Waals surface area contributed by atoms with Gasteiger partial charge in [-0.3, -0.25) is 0 Å². The number of unbranched alkanes of at least 4 members (excludes halogenated alkanes) is 1. The highest BCUT2D eigenvalue weighted by atomic mass is 35.5. The van der Waals surface area contributed by atoms with Gasteiger partial charge in [0.1, 0.15) is 5.75 Å². The normalized spacial score (nSPS) is 10.4. The van der Waals surface area contributed by atoms with E-state index in [1.54, 1.807) is 7.11 Å². The van der Waals surface area contributed by atoms with Gasteiger partial charge in [0.15, 0.2) is 0 Å². The van der Waals surface area contributed by atoms with Crippen LogP contribution in [0.25, 0.3) is 0 Å². The highest BCUT2D eigenvalue weighted by Gasteiger charge is 2.05. The van der Waals surface area contributed by atoms with Crippen molar-refractivity contribution < 1.29 is 4.74 Å². The Labute approximate surface area is 96.4 Å². The van der Waals surface area contributed by atoms with E-state index in [4.69, 9.17) is 22.1 Å². The second-order valence-electron chi connectivity index (χ2n) is 3.64. The summed E-state index contributed by atoms with van der Waals surface area (Å²) in [5.41, 5.74) is 7.87. The third-order valence-electron chi connectivity index (χ3n) is 2.56. The van der Waals surface area contributed by atoms with E-state index < -0.39 is 0 Å². The lowest BCUT2D eigenvalue weighted by atomic mass is 10.0. The summed E-state index contributed by atoms with van der Waals surface area (Å²) in [5.74, 6) is 0.827. The van der Waals surface area contributed by atoms with Crippen LogP contribution in [0.1, 0.15) is 24.0 Å². The molecular formula is C12H18ClNO. The predicted molar refractivity (Wildman–Crippen MR) is 64.7 cm³/mol. The van der Waals surface area contributed by atoms with Crippen LogP contribution in [-0.4, -0.2) is 13.7 Å². The molecule has 0 aliphatic rings. The molecule has 0 saturated carbocycles. The van der Waals surface area contributed by atoms with Gasteiger partial charge >= 0.3 is 0 Å². The molecule has 0 aliphatic carbocycles. The average molecular weight is 228 g/mol. The summed E-state index contributed by atoms with van der Waals surface area (Å²) in [5, 5.41) is 0.775. The molecule has 2 nitrogen and oxygen atoms in total. The third kappa shape index (κ3) is 3.40. The number of aryl methyl sites for hydroxylation is 1. The Hall–Kier alpha value is -0.730. The average Bonchev–Trinajstić information content (AvgIpc) is 2.24. The van der Waals surface area contributed by atoms with Gasteiger partial charge in [-0.05, 0) is 56.0 Å². The van der Waals surface area contributed by atoms with Crippen molar-refractivity contribution in [3.05, 3.63) is 28.3 Å². The molecule has 0 radical (unpaired) electrons. The molecule has 0 fully saturated rings. The summed E-state index contributed by atoms with van der Waals surface area (Å²) in [7, 11) is 1.66. The molecule has 1 rings (SSSR count). The first-order chi connectivity index (χ1) is 7.19. The first-order valence-corrected chi connectivity index (χ1v) is 5.60. The van der Waals surface area contributed by atoms with E-state index in [-0.39, 0.29) is 0 Å². The first kappa shape index (κ1) is 12.3. The van der Waals surface area contributed by atoms with Crippen LogP contribution in [0.2, 0.25) is 5.02 Å². The molecule has 2 N–H and O–H groups in total. The number of benzene rings is 1. The summed E-state index contributed by atoms with van der Waals surface area (Å²) in [6.45, 7) is 2.79. The fourth-order valence-corrected chi connectivity index (χ4v) is 1.77. The van der Waals surface area contributed by atoms with E-state index in [1.807, 2.05) is 13.0 Å². The summed E-state index contributed by atoms with van der Waals surface area (Å²) in [6, 6.07) is 3.90. The lowest BCUT2D eigenvalue weighted by Crippen LogP contribution is -2.00. The van der Waals surface area contributed by atoms with Crippen LogP contribution in [0.5, 0.6) is 5.75 Å². The number of rotatable bonds is 5. The predicted octanol–water partition coefficient (Wildman–Crippen LogP) is 2.94. The molecule has 0 amide bonds. The minimum absolute atomic E-state index is 0.747. The second-order valence-corrected chi connectivity index (χ2v) is 4.05. The zero-order chi connectivity index (χ0) is 11.3. The van der Waals surface area contributed by atoms with Crippen LogP contribution < -0.4 is 10.5 Å². The first-order valence-electron chi connectivity index (χ1n) is 5.22. The molecule has 0 bridgehead atoms. The number of ether oxygens (including phenoxy) is 1. The van der Waals surface area contributed by atoms with Crippen LogP contribution in [0.4, 0.5) is 0 Å². The van der Waals surface area contributed by atoms with E-state index >= 15 is 0 Å². The van der Waals surface area contributed by atoms with Gasteiger partial charge in [0.05, 0.1) is 7.11 Å². The largest absolute Gasteiger partial charge is 0.497 e. The number of nitrogens with two attached hydrogens (primary N) is 1. The van der Waals surface area contributed by atoms with Crippen molar-refractivity contribution in [1.29, 1.82) is 0 Å². The van der Waals surface area contributed by atoms with E-state index in [0.717, 1.165) is 42.1 Å². The molecule has 1 aromatic rings. The lowest BCUT2D eigenvalue weighted by Gasteiger charge is -2.10. The van der Waals surface area contributed by atoms with Gasteiger partial charge in [-0.1, -0.05) is 11.6 Å². The summed E-state index contributed by atoms with van der Waals surface area (Å²) in [6.07, 6.45) is 3.16. The number of halogens is 1.